The summed E-state index contributed by atoms with van der Waals surface area (Å²) in [5.74, 6) is -0.536. The number of ether oxygens (including phenoxy) is 1. The highest BCUT2D eigenvalue weighted by Gasteiger charge is 2.28. The topological polar surface area (TPSA) is 103 Å². The fourth-order valence-corrected chi connectivity index (χ4v) is 4.51. The molecule has 1 aromatic heterocycles. The van der Waals surface area contributed by atoms with Crippen LogP contribution in [0.3, 0.4) is 0 Å². The molecule has 0 saturated carbocycles. The van der Waals surface area contributed by atoms with Crippen molar-refractivity contribution in [1.29, 1.82) is 0 Å². The SMILES string of the molecule is Cc1ccc(S(=O)(=O)N[C@@H](CC(C)C)C(=O)Oc2ccc3c(C)c(C)c(=O)oc3c2)cc1. The Labute approximate surface area is 187 Å². The maximum Gasteiger partial charge on any atom is 0.339 e. The van der Waals surface area contributed by atoms with Crippen LogP contribution in [0.15, 0.2) is 56.6 Å². The van der Waals surface area contributed by atoms with Crippen molar-refractivity contribution in [3.05, 3.63) is 69.6 Å². The van der Waals surface area contributed by atoms with Gasteiger partial charge in [0, 0.05) is 17.0 Å². The van der Waals surface area contributed by atoms with Gasteiger partial charge in [0.15, 0.2) is 0 Å². The predicted octanol–water partition coefficient (Wildman–Crippen LogP) is 4.02. The Morgan fingerprint density at radius 3 is 2.31 bits per heavy atom. The number of sulfonamides is 1. The molecule has 0 fully saturated rings. The van der Waals surface area contributed by atoms with Crippen LogP contribution in [0.4, 0.5) is 0 Å². The van der Waals surface area contributed by atoms with E-state index in [2.05, 4.69) is 4.72 Å². The summed E-state index contributed by atoms with van der Waals surface area (Å²) in [4.78, 5) is 24.9. The van der Waals surface area contributed by atoms with Gasteiger partial charge in [-0.1, -0.05) is 31.5 Å². The highest BCUT2D eigenvalue weighted by atomic mass is 32.2. The molecule has 3 aromatic rings. The molecule has 8 heteroatoms. The molecule has 0 unspecified atom stereocenters. The standard InChI is InChI=1S/C24H27NO6S/c1-14(2)12-21(25-32(28,29)19-9-6-15(3)7-10-19)24(27)30-18-8-11-20-16(4)17(5)23(26)31-22(20)13-18/h6-11,13-14,21,25H,12H2,1-5H3/t21-/m0/s1. The Morgan fingerprint density at radius 2 is 1.69 bits per heavy atom. The van der Waals surface area contributed by atoms with Gasteiger partial charge in [-0.05, 0) is 62.9 Å². The van der Waals surface area contributed by atoms with Crippen molar-refractivity contribution in [3.63, 3.8) is 0 Å². The summed E-state index contributed by atoms with van der Waals surface area (Å²) in [6.45, 7) is 9.13. The van der Waals surface area contributed by atoms with Crippen molar-refractivity contribution in [2.45, 2.75) is 52.0 Å². The van der Waals surface area contributed by atoms with Crippen molar-refractivity contribution < 1.29 is 22.4 Å². The number of esters is 1. The lowest BCUT2D eigenvalue weighted by atomic mass is 10.0. The third kappa shape index (κ3) is 5.26. The Kier molecular flexibility index (Phi) is 6.85. The average molecular weight is 458 g/mol. The van der Waals surface area contributed by atoms with Crippen molar-refractivity contribution in [2.75, 3.05) is 0 Å². The third-order valence-electron chi connectivity index (χ3n) is 5.27. The molecule has 0 spiro atoms. The molecule has 0 bridgehead atoms. The summed E-state index contributed by atoms with van der Waals surface area (Å²) in [7, 11) is -3.92. The van der Waals surface area contributed by atoms with Crippen molar-refractivity contribution in [2.24, 2.45) is 5.92 Å². The van der Waals surface area contributed by atoms with Crippen molar-refractivity contribution in [3.8, 4) is 5.75 Å². The first-order valence-electron chi connectivity index (χ1n) is 10.3. The summed E-state index contributed by atoms with van der Waals surface area (Å²) >= 11 is 0. The van der Waals surface area contributed by atoms with E-state index in [4.69, 9.17) is 9.15 Å². The van der Waals surface area contributed by atoms with E-state index < -0.39 is 27.7 Å². The van der Waals surface area contributed by atoms with E-state index in [0.29, 0.717) is 11.1 Å². The Morgan fingerprint density at radius 1 is 1.03 bits per heavy atom. The summed E-state index contributed by atoms with van der Waals surface area (Å²) in [5, 5.41) is 0.737. The molecule has 1 N–H and O–H groups in total. The van der Waals surface area contributed by atoms with Gasteiger partial charge in [-0.25, -0.2) is 18.0 Å². The second-order valence-corrected chi connectivity index (χ2v) is 10.0. The van der Waals surface area contributed by atoms with Gasteiger partial charge in [0.1, 0.15) is 17.4 Å². The summed E-state index contributed by atoms with van der Waals surface area (Å²) in [6, 6.07) is 10.0. The lowest BCUT2D eigenvalue weighted by Gasteiger charge is -2.19. The summed E-state index contributed by atoms with van der Waals surface area (Å²) < 4.78 is 38.9. The van der Waals surface area contributed by atoms with Gasteiger partial charge in [-0.15, -0.1) is 0 Å². The molecule has 2 aromatic carbocycles. The number of aryl methyl sites for hydroxylation is 2. The zero-order valence-corrected chi connectivity index (χ0v) is 19.6. The van der Waals surface area contributed by atoms with Gasteiger partial charge < -0.3 is 9.15 Å². The van der Waals surface area contributed by atoms with Crippen LogP contribution in [0.1, 0.15) is 37.0 Å². The van der Waals surface area contributed by atoms with Crippen LogP contribution in [0.2, 0.25) is 0 Å². The third-order valence-corrected chi connectivity index (χ3v) is 6.75. The smallest absolute Gasteiger partial charge is 0.339 e. The van der Waals surface area contributed by atoms with Crippen LogP contribution < -0.4 is 15.1 Å². The van der Waals surface area contributed by atoms with Crippen LogP contribution >= 0.6 is 0 Å². The van der Waals surface area contributed by atoms with E-state index in [1.165, 1.54) is 18.2 Å². The number of carbonyl (C=O) groups is 1. The average Bonchev–Trinajstić information content (AvgIpc) is 2.71. The summed E-state index contributed by atoms with van der Waals surface area (Å²) in [6.07, 6.45) is 0.255. The molecule has 170 valence electrons. The number of hydrogen-bond acceptors (Lipinski definition) is 6. The first-order chi connectivity index (χ1) is 15.0. The Bertz CT molecular complexity index is 1310. The zero-order chi connectivity index (χ0) is 23.6. The van der Waals surface area contributed by atoms with Gasteiger partial charge in [-0.2, -0.15) is 4.72 Å². The van der Waals surface area contributed by atoms with Crippen LogP contribution in [0.25, 0.3) is 11.0 Å². The molecule has 0 radical (unpaired) electrons. The number of fused-ring (bicyclic) bond motifs is 1. The monoisotopic (exact) mass is 457 g/mol. The number of benzene rings is 2. The minimum absolute atomic E-state index is 0.0357. The fourth-order valence-electron chi connectivity index (χ4n) is 3.32. The second kappa shape index (κ2) is 9.26. The van der Waals surface area contributed by atoms with E-state index >= 15 is 0 Å². The van der Waals surface area contributed by atoms with E-state index in [0.717, 1.165) is 16.5 Å². The molecular weight excluding hydrogens is 430 g/mol. The first kappa shape index (κ1) is 23.7. The molecule has 0 aliphatic heterocycles. The lowest BCUT2D eigenvalue weighted by molar-refractivity contribution is -0.136. The van der Waals surface area contributed by atoms with Gasteiger partial charge in [0.2, 0.25) is 10.0 Å². The molecule has 1 atom stereocenters. The normalized spacial score (nSPS) is 12.8. The highest BCUT2D eigenvalue weighted by molar-refractivity contribution is 7.89. The van der Waals surface area contributed by atoms with Crippen LogP contribution in [-0.2, 0) is 14.8 Å². The van der Waals surface area contributed by atoms with Crippen LogP contribution in [-0.4, -0.2) is 20.4 Å². The predicted molar refractivity (Wildman–Crippen MR) is 122 cm³/mol. The second-order valence-electron chi connectivity index (χ2n) is 8.34. The number of nitrogens with one attached hydrogen (secondary N) is 1. The van der Waals surface area contributed by atoms with E-state index in [-0.39, 0.29) is 23.0 Å². The lowest BCUT2D eigenvalue weighted by Crippen LogP contribution is -2.43. The van der Waals surface area contributed by atoms with E-state index in [9.17, 15) is 18.0 Å². The van der Waals surface area contributed by atoms with Gasteiger partial charge >= 0.3 is 11.6 Å². The van der Waals surface area contributed by atoms with Crippen LogP contribution in [0.5, 0.6) is 5.75 Å². The molecule has 0 aliphatic rings. The number of hydrogen-bond donors (Lipinski definition) is 1. The fraction of sp³-hybridized carbons (Fsp3) is 0.333. The first-order valence-corrected chi connectivity index (χ1v) is 11.8. The minimum Gasteiger partial charge on any atom is -0.425 e. The molecule has 0 saturated heterocycles. The van der Waals surface area contributed by atoms with Gasteiger partial charge in [0.05, 0.1) is 4.90 Å². The largest absolute Gasteiger partial charge is 0.425 e. The van der Waals surface area contributed by atoms with Gasteiger partial charge in [-0.3, -0.25) is 0 Å². The molecule has 32 heavy (non-hydrogen) atoms. The van der Waals surface area contributed by atoms with E-state index in [1.54, 1.807) is 31.2 Å². The summed E-state index contributed by atoms with van der Waals surface area (Å²) in [5.41, 5.74) is 2.07. The number of carbonyl (C=O) groups excluding carboxylic acids is 1. The van der Waals surface area contributed by atoms with Crippen molar-refractivity contribution >= 4 is 27.0 Å². The minimum atomic E-state index is -3.92. The van der Waals surface area contributed by atoms with Crippen molar-refractivity contribution in [1.82, 2.24) is 4.72 Å². The van der Waals surface area contributed by atoms with Crippen LogP contribution in [0, 0.1) is 26.7 Å². The molecule has 0 aliphatic carbocycles. The molecular formula is C24H27NO6S. The van der Waals surface area contributed by atoms with Gasteiger partial charge in [0.25, 0.3) is 0 Å². The zero-order valence-electron chi connectivity index (χ0n) is 18.8. The molecule has 3 rings (SSSR count). The highest BCUT2D eigenvalue weighted by Crippen LogP contribution is 2.24. The maximum atomic E-state index is 12.9. The Hall–Kier alpha value is -2.97. The molecule has 1 heterocycles. The molecule has 7 nitrogen and oxygen atoms in total. The Balaban J connectivity index is 1.87. The maximum absolute atomic E-state index is 12.9. The molecule has 0 amide bonds. The number of rotatable bonds is 7. The van der Waals surface area contributed by atoms with E-state index in [1.807, 2.05) is 27.7 Å². The quantitative estimate of drug-likeness (QED) is 0.327.